The molecule has 1 aromatic heterocycles. The third kappa shape index (κ3) is 3.80. The van der Waals surface area contributed by atoms with E-state index in [1.54, 1.807) is 7.11 Å². The molecule has 1 amide bonds. The Labute approximate surface area is 148 Å². The van der Waals surface area contributed by atoms with Crippen LogP contribution in [0.4, 0.5) is 10.8 Å². The van der Waals surface area contributed by atoms with Gasteiger partial charge in [0.25, 0.3) is 0 Å². The highest BCUT2D eigenvalue weighted by atomic mass is 32.2. The molecule has 1 unspecified atom stereocenters. The number of fused-ring (bicyclic) bond motifs is 1. The van der Waals surface area contributed by atoms with Crippen molar-refractivity contribution < 1.29 is 9.53 Å². The minimum absolute atomic E-state index is 0.0894. The summed E-state index contributed by atoms with van der Waals surface area (Å²) in [6.45, 7) is 1.86. The summed E-state index contributed by atoms with van der Waals surface area (Å²) < 4.78 is 6.18. The monoisotopic (exact) mass is 359 g/mol. The Morgan fingerprint density at radius 3 is 2.92 bits per heavy atom. The van der Waals surface area contributed by atoms with Gasteiger partial charge in [-0.1, -0.05) is 17.4 Å². The molecule has 0 bridgehead atoms. The van der Waals surface area contributed by atoms with E-state index in [2.05, 4.69) is 10.3 Å². The Hall–Kier alpha value is -2.25. The molecule has 3 N–H and O–H groups in total. The van der Waals surface area contributed by atoms with E-state index in [0.29, 0.717) is 10.8 Å². The van der Waals surface area contributed by atoms with E-state index in [1.165, 1.54) is 23.1 Å². The van der Waals surface area contributed by atoms with Gasteiger partial charge >= 0.3 is 0 Å². The third-order valence-electron chi connectivity index (χ3n) is 3.37. The summed E-state index contributed by atoms with van der Waals surface area (Å²) >= 11 is 2.89. The van der Waals surface area contributed by atoms with E-state index in [9.17, 15) is 4.79 Å². The number of benzene rings is 2. The van der Waals surface area contributed by atoms with Crippen molar-refractivity contribution in [1.29, 1.82) is 0 Å². The predicted octanol–water partition coefficient (Wildman–Crippen LogP) is 4.01. The number of hydrogen-bond donors (Lipinski definition) is 2. The maximum absolute atomic E-state index is 12.4. The number of aromatic nitrogens is 1. The second-order valence-electron chi connectivity index (χ2n) is 5.17. The summed E-state index contributed by atoms with van der Waals surface area (Å²) in [5.74, 6) is 0.683. The highest BCUT2D eigenvalue weighted by molar-refractivity contribution is 8.00. The Morgan fingerprint density at radius 1 is 1.33 bits per heavy atom. The summed E-state index contributed by atoms with van der Waals surface area (Å²) in [5, 5.41) is 3.21. The number of nitrogens with one attached hydrogen (secondary N) is 1. The molecule has 0 spiro atoms. The molecule has 24 heavy (non-hydrogen) atoms. The number of rotatable bonds is 5. The van der Waals surface area contributed by atoms with E-state index in [0.717, 1.165) is 20.9 Å². The number of nitrogens with two attached hydrogens (primary N) is 1. The number of methoxy groups -OCH3 is 1. The molecule has 0 radical (unpaired) electrons. The van der Waals surface area contributed by atoms with Gasteiger partial charge in [0.05, 0.1) is 22.6 Å². The SMILES string of the molecule is COc1ccc2nc(NC(=O)C(C)Sc3cccc(N)c3)sc2c1. The maximum atomic E-state index is 12.4. The smallest absolute Gasteiger partial charge is 0.239 e. The van der Waals surface area contributed by atoms with E-state index >= 15 is 0 Å². The Bertz CT molecular complexity index is 879. The summed E-state index contributed by atoms with van der Waals surface area (Å²) in [6, 6.07) is 13.1. The number of thiazole rings is 1. The topological polar surface area (TPSA) is 77.2 Å². The fourth-order valence-corrected chi connectivity index (χ4v) is 3.97. The van der Waals surface area contributed by atoms with Gasteiger partial charge in [-0.25, -0.2) is 4.98 Å². The summed E-state index contributed by atoms with van der Waals surface area (Å²) in [5.41, 5.74) is 7.30. The molecule has 1 heterocycles. The van der Waals surface area contributed by atoms with Crippen LogP contribution < -0.4 is 15.8 Å². The number of ether oxygens (including phenoxy) is 1. The second kappa shape index (κ2) is 7.11. The molecule has 0 aliphatic heterocycles. The Kier molecular flexibility index (Phi) is 4.92. The van der Waals surface area contributed by atoms with E-state index in [-0.39, 0.29) is 11.2 Å². The number of hydrogen-bond acceptors (Lipinski definition) is 6. The van der Waals surface area contributed by atoms with Crippen LogP contribution in [-0.4, -0.2) is 23.3 Å². The van der Waals surface area contributed by atoms with Crippen molar-refractivity contribution in [2.24, 2.45) is 0 Å². The van der Waals surface area contributed by atoms with Crippen molar-refractivity contribution in [2.45, 2.75) is 17.1 Å². The van der Waals surface area contributed by atoms with Gasteiger partial charge in [0.15, 0.2) is 5.13 Å². The third-order valence-corrected chi connectivity index (χ3v) is 5.39. The van der Waals surface area contributed by atoms with E-state index in [1.807, 2.05) is 49.4 Å². The van der Waals surface area contributed by atoms with E-state index < -0.39 is 0 Å². The van der Waals surface area contributed by atoms with Crippen molar-refractivity contribution in [3.63, 3.8) is 0 Å². The first-order valence-electron chi connectivity index (χ1n) is 7.33. The first-order valence-corrected chi connectivity index (χ1v) is 9.02. The molecule has 0 aliphatic rings. The number of anilines is 2. The lowest BCUT2D eigenvalue weighted by Gasteiger charge is -2.10. The van der Waals surface area contributed by atoms with Gasteiger partial charge in [-0.2, -0.15) is 0 Å². The molecule has 0 saturated carbocycles. The zero-order chi connectivity index (χ0) is 17.1. The predicted molar refractivity (Wildman–Crippen MR) is 101 cm³/mol. The molecular formula is C17H17N3O2S2. The van der Waals surface area contributed by atoms with Gasteiger partial charge < -0.3 is 15.8 Å². The fourth-order valence-electron chi connectivity index (χ4n) is 2.14. The van der Waals surface area contributed by atoms with Gasteiger partial charge in [-0.3, -0.25) is 4.79 Å². The Morgan fingerprint density at radius 2 is 2.17 bits per heavy atom. The lowest BCUT2D eigenvalue weighted by atomic mass is 10.3. The van der Waals surface area contributed by atoms with Crippen LogP contribution in [0.1, 0.15) is 6.92 Å². The molecule has 3 rings (SSSR count). The zero-order valence-corrected chi connectivity index (χ0v) is 14.9. The first-order chi connectivity index (χ1) is 11.5. The van der Waals surface area contributed by atoms with Gasteiger partial charge in [-0.15, -0.1) is 11.8 Å². The summed E-state index contributed by atoms with van der Waals surface area (Å²) in [6.07, 6.45) is 0. The molecular weight excluding hydrogens is 342 g/mol. The van der Waals surface area contributed by atoms with Gasteiger partial charge in [-0.05, 0) is 43.3 Å². The van der Waals surface area contributed by atoms with Crippen LogP contribution >= 0.6 is 23.1 Å². The highest BCUT2D eigenvalue weighted by Gasteiger charge is 2.16. The average Bonchev–Trinajstić information content (AvgIpc) is 2.95. The molecule has 5 nitrogen and oxygen atoms in total. The minimum Gasteiger partial charge on any atom is -0.497 e. The fraction of sp³-hybridized carbons (Fsp3) is 0.176. The standard InChI is InChI=1S/C17H17N3O2S2/c1-10(23-13-5-3-4-11(18)8-13)16(21)20-17-19-14-7-6-12(22-2)9-15(14)24-17/h3-10H,18H2,1-2H3,(H,19,20,21). The lowest BCUT2D eigenvalue weighted by molar-refractivity contribution is -0.115. The molecule has 0 saturated heterocycles. The number of thioether (sulfide) groups is 1. The number of amides is 1. The van der Waals surface area contributed by atoms with Gasteiger partial charge in [0.2, 0.25) is 5.91 Å². The van der Waals surface area contributed by atoms with Crippen molar-refractivity contribution >= 4 is 50.0 Å². The number of carbonyl (C=O) groups is 1. The molecule has 0 aliphatic carbocycles. The summed E-state index contributed by atoms with van der Waals surface area (Å²) in [7, 11) is 1.63. The molecule has 1 atom stereocenters. The van der Waals surface area contributed by atoms with Crippen LogP contribution in [0.2, 0.25) is 0 Å². The van der Waals surface area contributed by atoms with Crippen molar-refractivity contribution in [2.75, 3.05) is 18.2 Å². The van der Waals surface area contributed by atoms with Crippen LogP contribution in [0.25, 0.3) is 10.2 Å². The van der Waals surface area contributed by atoms with Crippen LogP contribution in [0, 0.1) is 0 Å². The van der Waals surface area contributed by atoms with Gasteiger partial charge in [0.1, 0.15) is 5.75 Å². The van der Waals surface area contributed by atoms with Crippen LogP contribution in [0.5, 0.6) is 5.75 Å². The zero-order valence-electron chi connectivity index (χ0n) is 13.3. The number of nitrogens with zero attached hydrogens (tertiary/aromatic N) is 1. The minimum atomic E-state index is -0.256. The second-order valence-corrected chi connectivity index (χ2v) is 7.62. The molecule has 0 fully saturated rings. The maximum Gasteiger partial charge on any atom is 0.239 e. The largest absolute Gasteiger partial charge is 0.497 e. The highest BCUT2D eigenvalue weighted by Crippen LogP contribution is 2.30. The van der Waals surface area contributed by atoms with Crippen molar-refractivity contribution in [3.8, 4) is 5.75 Å². The quantitative estimate of drug-likeness (QED) is 0.532. The number of nitrogen functional groups attached to an aromatic ring is 1. The van der Waals surface area contributed by atoms with E-state index in [4.69, 9.17) is 10.5 Å². The van der Waals surface area contributed by atoms with Crippen molar-refractivity contribution in [1.82, 2.24) is 4.98 Å². The van der Waals surface area contributed by atoms with Gasteiger partial charge in [0, 0.05) is 10.6 Å². The lowest BCUT2D eigenvalue weighted by Crippen LogP contribution is -2.22. The molecule has 2 aromatic carbocycles. The van der Waals surface area contributed by atoms with Crippen LogP contribution in [-0.2, 0) is 4.79 Å². The normalized spacial score (nSPS) is 12.1. The average molecular weight is 359 g/mol. The summed E-state index contributed by atoms with van der Waals surface area (Å²) in [4.78, 5) is 17.8. The Balaban J connectivity index is 1.69. The van der Waals surface area contributed by atoms with Crippen LogP contribution in [0.15, 0.2) is 47.4 Å². The molecule has 124 valence electrons. The molecule has 7 heteroatoms. The van der Waals surface area contributed by atoms with Crippen LogP contribution in [0.3, 0.4) is 0 Å². The number of carbonyl (C=O) groups excluding carboxylic acids is 1. The molecule has 3 aromatic rings. The first kappa shape index (κ1) is 16.6. The van der Waals surface area contributed by atoms with Crippen molar-refractivity contribution in [3.05, 3.63) is 42.5 Å².